The quantitative estimate of drug-likeness (QED) is 0.895. The number of nitrogens with one attached hydrogen (secondary N) is 1. The van der Waals surface area contributed by atoms with E-state index in [9.17, 15) is 8.78 Å². The van der Waals surface area contributed by atoms with Gasteiger partial charge in [0.15, 0.2) is 0 Å². The van der Waals surface area contributed by atoms with Gasteiger partial charge in [-0.25, -0.2) is 8.78 Å². The minimum Gasteiger partial charge on any atom is -0.378 e. The summed E-state index contributed by atoms with van der Waals surface area (Å²) in [6.45, 7) is 1.86. The molecule has 2 atom stereocenters. The van der Waals surface area contributed by atoms with Crippen LogP contribution in [0.25, 0.3) is 0 Å². The topological polar surface area (TPSA) is 30.5 Å². The molecule has 0 radical (unpaired) electrons. The molecular weight excluding hydrogens is 252 g/mol. The zero-order valence-corrected chi connectivity index (χ0v) is 10.6. The van der Waals surface area contributed by atoms with E-state index in [0.29, 0.717) is 19.8 Å². The summed E-state index contributed by atoms with van der Waals surface area (Å²) in [5.41, 5.74) is -0.305. The molecule has 0 amide bonds. The lowest BCUT2D eigenvalue weighted by Gasteiger charge is -2.37. The summed E-state index contributed by atoms with van der Waals surface area (Å²) in [5, 5.41) is 2.98. The lowest BCUT2D eigenvalue weighted by atomic mass is 9.89. The van der Waals surface area contributed by atoms with Crippen molar-refractivity contribution >= 4 is 5.69 Å². The van der Waals surface area contributed by atoms with E-state index >= 15 is 0 Å². The van der Waals surface area contributed by atoms with Crippen molar-refractivity contribution in [3.05, 3.63) is 29.8 Å². The van der Waals surface area contributed by atoms with Gasteiger partial charge in [-0.3, -0.25) is 0 Å². The predicted octanol–water partition coefficient (Wildman–Crippen LogP) is 2.71. The monoisotopic (exact) mass is 269 g/mol. The maximum absolute atomic E-state index is 13.6. The molecule has 3 nitrogen and oxygen atoms in total. The zero-order chi connectivity index (χ0) is 13.3. The second-order valence-electron chi connectivity index (χ2n) is 5.26. The maximum atomic E-state index is 13.6. The fraction of sp³-hybridized carbons (Fsp3) is 0.571. The lowest BCUT2D eigenvalue weighted by Crippen LogP contribution is -2.45. The number of rotatable bonds is 2. The maximum Gasteiger partial charge on any atom is 0.149 e. The Labute approximate surface area is 110 Å². The van der Waals surface area contributed by atoms with Crippen molar-refractivity contribution in [2.24, 2.45) is 0 Å². The Balaban J connectivity index is 1.73. The van der Waals surface area contributed by atoms with Gasteiger partial charge in [0.1, 0.15) is 17.3 Å². The highest BCUT2D eigenvalue weighted by molar-refractivity contribution is 5.47. The predicted molar refractivity (Wildman–Crippen MR) is 67.1 cm³/mol. The first-order valence-corrected chi connectivity index (χ1v) is 6.61. The molecule has 1 aromatic rings. The van der Waals surface area contributed by atoms with Crippen LogP contribution in [0.2, 0.25) is 0 Å². The summed E-state index contributed by atoms with van der Waals surface area (Å²) in [5.74, 6) is -1.11. The van der Waals surface area contributed by atoms with Crippen LogP contribution in [0.4, 0.5) is 14.5 Å². The normalized spacial score (nSPS) is 30.7. The summed E-state index contributed by atoms with van der Waals surface area (Å²) in [6, 6.07) is 3.91. The molecule has 19 heavy (non-hydrogen) atoms. The second-order valence-corrected chi connectivity index (χ2v) is 5.26. The third-order valence-corrected chi connectivity index (χ3v) is 3.87. The Morgan fingerprint density at radius 2 is 2.00 bits per heavy atom. The van der Waals surface area contributed by atoms with Crippen molar-refractivity contribution < 1.29 is 18.3 Å². The molecule has 2 aliphatic heterocycles. The zero-order valence-electron chi connectivity index (χ0n) is 10.6. The fourth-order valence-electron chi connectivity index (χ4n) is 2.85. The molecule has 0 bridgehead atoms. The van der Waals surface area contributed by atoms with Crippen LogP contribution in [0.1, 0.15) is 19.3 Å². The van der Waals surface area contributed by atoms with E-state index in [1.54, 1.807) is 0 Å². The highest BCUT2D eigenvalue weighted by Crippen LogP contribution is 2.34. The molecule has 0 saturated carbocycles. The standard InChI is InChI=1S/C14H17F2NO2/c15-11-2-1-3-12(16)13(11)17-10-4-6-19-14(8-10)5-7-18-9-14/h1-3,10,17H,4-9H2. The lowest BCUT2D eigenvalue weighted by molar-refractivity contribution is -0.0829. The second kappa shape index (κ2) is 5.06. The molecule has 0 aliphatic carbocycles. The molecule has 2 unspecified atom stereocenters. The molecule has 1 aromatic carbocycles. The third kappa shape index (κ3) is 2.58. The summed E-state index contributed by atoms with van der Waals surface area (Å²) in [6.07, 6.45) is 2.32. The Hall–Kier alpha value is -1.20. The van der Waals surface area contributed by atoms with E-state index in [2.05, 4.69) is 5.32 Å². The molecule has 2 fully saturated rings. The number of hydrogen-bond donors (Lipinski definition) is 1. The van der Waals surface area contributed by atoms with Crippen LogP contribution in [0.5, 0.6) is 0 Å². The van der Waals surface area contributed by atoms with Gasteiger partial charge < -0.3 is 14.8 Å². The average molecular weight is 269 g/mol. The number of para-hydroxylation sites is 1. The molecule has 1 N–H and O–H groups in total. The largest absolute Gasteiger partial charge is 0.378 e. The molecule has 5 heteroatoms. The SMILES string of the molecule is Fc1cccc(F)c1NC1CCOC2(CCOC2)C1. The van der Waals surface area contributed by atoms with Gasteiger partial charge in [-0.2, -0.15) is 0 Å². The Morgan fingerprint density at radius 3 is 2.68 bits per heavy atom. The summed E-state index contributed by atoms with van der Waals surface area (Å²) < 4.78 is 38.4. The molecule has 3 rings (SSSR count). The van der Waals surface area contributed by atoms with Crippen molar-refractivity contribution in [1.82, 2.24) is 0 Å². The van der Waals surface area contributed by atoms with Gasteiger partial charge in [-0.05, 0) is 25.0 Å². The Kier molecular flexibility index (Phi) is 3.41. The Morgan fingerprint density at radius 1 is 1.21 bits per heavy atom. The number of benzene rings is 1. The van der Waals surface area contributed by atoms with Crippen LogP contribution in [0.15, 0.2) is 18.2 Å². The molecule has 2 aliphatic rings. The van der Waals surface area contributed by atoms with Crippen molar-refractivity contribution in [2.45, 2.75) is 30.9 Å². The Bertz CT molecular complexity index is 441. The van der Waals surface area contributed by atoms with E-state index in [1.807, 2.05) is 0 Å². The van der Waals surface area contributed by atoms with Crippen LogP contribution in [0, 0.1) is 11.6 Å². The average Bonchev–Trinajstić information content (AvgIpc) is 2.82. The first-order valence-electron chi connectivity index (χ1n) is 6.61. The van der Waals surface area contributed by atoms with Gasteiger partial charge in [0.05, 0.1) is 12.2 Å². The van der Waals surface area contributed by atoms with Crippen molar-refractivity contribution in [3.8, 4) is 0 Å². The minimum absolute atomic E-state index is 0.0156. The number of anilines is 1. The molecule has 2 heterocycles. The summed E-state index contributed by atoms with van der Waals surface area (Å²) in [7, 11) is 0. The van der Waals surface area contributed by atoms with Crippen molar-refractivity contribution in [1.29, 1.82) is 0 Å². The van der Waals surface area contributed by atoms with Crippen LogP contribution in [-0.4, -0.2) is 31.5 Å². The third-order valence-electron chi connectivity index (χ3n) is 3.87. The molecule has 1 spiro atoms. The molecule has 0 aromatic heterocycles. The molecule has 2 saturated heterocycles. The summed E-state index contributed by atoms with van der Waals surface area (Å²) in [4.78, 5) is 0. The smallest absolute Gasteiger partial charge is 0.149 e. The number of halogens is 2. The number of hydrogen-bond acceptors (Lipinski definition) is 3. The van der Waals surface area contributed by atoms with Gasteiger partial charge in [0.2, 0.25) is 0 Å². The van der Waals surface area contributed by atoms with E-state index in [1.165, 1.54) is 18.2 Å². The highest BCUT2D eigenvalue weighted by Gasteiger charge is 2.41. The van der Waals surface area contributed by atoms with Gasteiger partial charge in [0, 0.05) is 25.7 Å². The van der Waals surface area contributed by atoms with Crippen LogP contribution in [-0.2, 0) is 9.47 Å². The van der Waals surface area contributed by atoms with Crippen LogP contribution in [0.3, 0.4) is 0 Å². The van der Waals surface area contributed by atoms with E-state index < -0.39 is 11.6 Å². The van der Waals surface area contributed by atoms with Gasteiger partial charge >= 0.3 is 0 Å². The van der Waals surface area contributed by atoms with Crippen LogP contribution >= 0.6 is 0 Å². The van der Waals surface area contributed by atoms with Crippen LogP contribution < -0.4 is 5.32 Å². The first-order chi connectivity index (χ1) is 9.19. The minimum atomic E-state index is -0.553. The van der Waals surface area contributed by atoms with Gasteiger partial charge in [-0.15, -0.1) is 0 Å². The van der Waals surface area contributed by atoms with E-state index in [4.69, 9.17) is 9.47 Å². The van der Waals surface area contributed by atoms with Crippen molar-refractivity contribution in [2.75, 3.05) is 25.1 Å². The van der Waals surface area contributed by atoms with Gasteiger partial charge in [-0.1, -0.05) is 6.07 Å². The van der Waals surface area contributed by atoms with Gasteiger partial charge in [0.25, 0.3) is 0 Å². The summed E-state index contributed by atoms with van der Waals surface area (Å²) >= 11 is 0. The molecular formula is C14H17F2NO2. The van der Waals surface area contributed by atoms with Crippen molar-refractivity contribution in [3.63, 3.8) is 0 Å². The van der Waals surface area contributed by atoms with E-state index in [0.717, 1.165) is 19.3 Å². The highest BCUT2D eigenvalue weighted by atomic mass is 19.1. The first kappa shape index (κ1) is 12.8. The number of ether oxygens (including phenoxy) is 2. The molecule has 104 valence electrons. The van der Waals surface area contributed by atoms with E-state index in [-0.39, 0.29) is 17.3 Å². The fourth-order valence-corrected chi connectivity index (χ4v) is 2.85.